The molecule has 0 N–H and O–H groups in total. The van der Waals surface area contributed by atoms with Gasteiger partial charge in [0.1, 0.15) is 4.32 Å². The van der Waals surface area contributed by atoms with E-state index in [0.29, 0.717) is 10.0 Å². The standard InChI is InChI=1S/C10H8N4O3S2/c1-13-9(15)8(19-10(13)18)12-11-6-2-4-7(5-3-6)14(16)17/h2-5,8H,1H3/t8-/m1/s1. The molecule has 1 atom stereocenters. The summed E-state index contributed by atoms with van der Waals surface area (Å²) in [6.07, 6.45) is 0. The molecule has 0 aromatic heterocycles. The molecule has 19 heavy (non-hydrogen) atoms. The number of azo groups is 1. The van der Waals surface area contributed by atoms with Crippen LogP contribution in [0.5, 0.6) is 0 Å². The Labute approximate surface area is 117 Å². The minimum Gasteiger partial charge on any atom is -0.298 e. The number of benzene rings is 1. The van der Waals surface area contributed by atoms with E-state index < -0.39 is 10.3 Å². The van der Waals surface area contributed by atoms with Crippen molar-refractivity contribution in [2.75, 3.05) is 7.05 Å². The van der Waals surface area contributed by atoms with E-state index in [-0.39, 0.29) is 11.6 Å². The predicted octanol–water partition coefficient (Wildman–Crippen LogP) is 2.49. The zero-order valence-corrected chi connectivity index (χ0v) is 11.3. The minimum absolute atomic E-state index is 0.0221. The zero-order valence-electron chi connectivity index (χ0n) is 9.72. The fourth-order valence-corrected chi connectivity index (χ4v) is 2.47. The van der Waals surface area contributed by atoms with Crippen LogP contribution >= 0.6 is 24.0 Å². The first-order valence-electron chi connectivity index (χ1n) is 5.12. The second kappa shape index (κ2) is 5.41. The number of nitro benzene ring substituents is 1. The molecule has 1 amide bonds. The molecule has 1 aromatic rings. The first-order chi connectivity index (χ1) is 8.99. The van der Waals surface area contributed by atoms with Crippen molar-refractivity contribution in [3.05, 3.63) is 34.4 Å². The van der Waals surface area contributed by atoms with Gasteiger partial charge in [-0.25, -0.2) is 0 Å². The van der Waals surface area contributed by atoms with Gasteiger partial charge in [-0.1, -0.05) is 24.0 Å². The Kier molecular flexibility index (Phi) is 3.86. The van der Waals surface area contributed by atoms with Crippen LogP contribution in [0.25, 0.3) is 0 Å². The molecule has 7 nitrogen and oxygen atoms in total. The maximum Gasteiger partial charge on any atom is 0.269 e. The van der Waals surface area contributed by atoms with Crippen molar-refractivity contribution in [3.8, 4) is 0 Å². The van der Waals surface area contributed by atoms with Crippen LogP contribution in [0.2, 0.25) is 0 Å². The molecule has 1 aliphatic rings. The number of carbonyl (C=O) groups is 1. The Bertz CT molecular complexity index is 573. The highest BCUT2D eigenvalue weighted by Crippen LogP contribution is 2.28. The van der Waals surface area contributed by atoms with Gasteiger partial charge in [-0.2, -0.15) is 10.2 Å². The lowest BCUT2D eigenvalue weighted by molar-refractivity contribution is -0.384. The largest absolute Gasteiger partial charge is 0.298 e. The van der Waals surface area contributed by atoms with Crippen molar-refractivity contribution >= 4 is 45.6 Å². The second-order valence-electron chi connectivity index (χ2n) is 3.62. The second-order valence-corrected chi connectivity index (χ2v) is 5.34. The van der Waals surface area contributed by atoms with Gasteiger partial charge < -0.3 is 0 Å². The van der Waals surface area contributed by atoms with Crippen molar-refractivity contribution < 1.29 is 9.72 Å². The first kappa shape index (κ1) is 13.6. The summed E-state index contributed by atoms with van der Waals surface area (Å²) in [6, 6.07) is 5.59. The molecule has 1 aliphatic heterocycles. The number of likely N-dealkylation sites (N-methyl/N-ethyl adjacent to an activating group) is 1. The van der Waals surface area contributed by atoms with E-state index in [4.69, 9.17) is 12.2 Å². The van der Waals surface area contributed by atoms with Crippen LogP contribution in [0.3, 0.4) is 0 Å². The van der Waals surface area contributed by atoms with Crippen molar-refractivity contribution in [2.45, 2.75) is 5.37 Å². The molecule has 9 heteroatoms. The van der Waals surface area contributed by atoms with E-state index in [0.717, 1.165) is 11.8 Å². The number of thiocarbonyl (C=S) groups is 1. The molecular weight excluding hydrogens is 288 g/mol. The highest BCUT2D eigenvalue weighted by atomic mass is 32.2. The molecule has 0 unspecified atom stereocenters. The van der Waals surface area contributed by atoms with Gasteiger partial charge in [0.15, 0.2) is 0 Å². The smallest absolute Gasteiger partial charge is 0.269 e. The number of nitrogens with zero attached hydrogens (tertiary/aromatic N) is 4. The molecule has 1 fully saturated rings. The zero-order chi connectivity index (χ0) is 14.0. The fraction of sp³-hybridized carbons (Fsp3) is 0.200. The molecular formula is C10H8N4O3S2. The summed E-state index contributed by atoms with van der Waals surface area (Å²) in [4.78, 5) is 23.0. The number of nitro groups is 1. The lowest BCUT2D eigenvalue weighted by Crippen LogP contribution is -2.26. The topological polar surface area (TPSA) is 88.2 Å². The van der Waals surface area contributed by atoms with E-state index in [1.165, 1.54) is 29.2 Å². The van der Waals surface area contributed by atoms with E-state index in [9.17, 15) is 14.9 Å². The summed E-state index contributed by atoms with van der Waals surface area (Å²) in [5.74, 6) is -0.222. The van der Waals surface area contributed by atoms with Crippen LogP contribution in [0.15, 0.2) is 34.5 Å². The van der Waals surface area contributed by atoms with Gasteiger partial charge in [0.25, 0.3) is 11.6 Å². The Morgan fingerprint density at radius 2 is 2.05 bits per heavy atom. The summed E-state index contributed by atoms with van der Waals surface area (Å²) in [5.41, 5.74) is 0.422. The van der Waals surface area contributed by atoms with Crippen molar-refractivity contribution in [2.24, 2.45) is 10.2 Å². The average Bonchev–Trinajstić information content (AvgIpc) is 2.64. The number of hydrogen-bond acceptors (Lipinski definition) is 7. The molecule has 98 valence electrons. The molecule has 0 aliphatic carbocycles. The molecule has 0 saturated carbocycles. The number of carbonyl (C=O) groups excluding carboxylic acids is 1. The molecule has 1 saturated heterocycles. The Balaban J connectivity index is 2.09. The van der Waals surface area contributed by atoms with Gasteiger partial charge in [0.05, 0.1) is 10.6 Å². The van der Waals surface area contributed by atoms with Gasteiger partial charge in [0.2, 0.25) is 5.37 Å². The number of rotatable bonds is 3. The maximum atomic E-state index is 11.7. The third-order valence-corrected chi connectivity index (χ3v) is 3.92. The molecule has 1 aromatic carbocycles. The molecule has 1 heterocycles. The predicted molar refractivity (Wildman–Crippen MR) is 74.4 cm³/mol. The van der Waals surface area contributed by atoms with E-state index in [2.05, 4.69) is 10.2 Å². The number of non-ortho nitro benzene ring substituents is 1. The molecule has 0 radical (unpaired) electrons. The van der Waals surface area contributed by atoms with Crippen molar-refractivity contribution in [1.29, 1.82) is 0 Å². The normalized spacial score (nSPS) is 19.4. The number of amides is 1. The Morgan fingerprint density at radius 1 is 1.42 bits per heavy atom. The summed E-state index contributed by atoms with van der Waals surface area (Å²) in [5, 5.41) is 17.6. The summed E-state index contributed by atoms with van der Waals surface area (Å²) >= 11 is 6.11. The molecule has 0 spiro atoms. The minimum atomic E-state index is -0.673. The van der Waals surface area contributed by atoms with Crippen molar-refractivity contribution in [3.63, 3.8) is 0 Å². The van der Waals surface area contributed by atoms with E-state index >= 15 is 0 Å². The highest BCUT2D eigenvalue weighted by molar-refractivity contribution is 8.24. The van der Waals surface area contributed by atoms with Crippen LogP contribution in [0.1, 0.15) is 0 Å². The van der Waals surface area contributed by atoms with Crippen LogP contribution < -0.4 is 0 Å². The lowest BCUT2D eigenvalue weighted by Gasteiger charge is -2.04. The van der Waals surface area contributed by atoms with Gasteiger partial charge in [-0.15, -0.1) is 0 Å². The third kappa shape index (κ3) is 2.93. The first-order valence-corrected chi connectivity index (χ1v) is 6.41. The molecule has 2 rings (SSSR count). The average molecular weight is 296 g/mol. The van der Waals surface area contributed by atoms with Crippen molar-refractivity contribution in [1.82, 2.24) is 4.90 Å². The van der Waals surface area contributed by atoms with Crippen LogP contribution in [0, 0.1) is 10.1 Å². The van der Waals surface area contributed by atoms with Crippen LogP contribution in [0.4, 0.5) is 11.4 Å². The lowest BCUT2D eigenvalue weighted by atomic mass is 10.3. The number of hydrogen-bond donors (Lipinski definition) is 0. The Hall–Kier alpha value is -1.87. The number of thioether (sulfide) groups is 1. The SMILES string of the molecule is CN1C(=O)[C@H](N=Nc2ccc([N+](=O)[O-])cc2)SC1=S. The monoisotopic (exact) mass is 296 g/mol. The summed E-state index contributed by atoms with van der Waals surface area (Å²) < 4.78 is 0.456. The summed E-state index contributed by atoms with van der Waals surface area (Å²) in [7, 11) is 1.58. The highest BCUT2D eigenvalue weighted by Gasteiger charge is 2.34. The van der Waals surface area contributed by atoms with Gasteiger partial charge >= 0.3 is 0 Å². The van der Waals surface area contributed by atoms with E-state index in [1.54, 1.807) is 7.05 Å². The maximum absolute atomic E-state index is 11.7. The van der Waals surface area contributed by atoms with Gasteiger partial charge in [0, 0.05) is 19.2 Å². The quantitative estimate of drug-likeness (QED) is 0.370. The van der Waals surface area contributed by atoms with Gasteiger partial charge in [-0.05, 0) is 12.1 Å². The summed E-state index contributed by atoms with van der Waals surface area (Å²) in [6.45, 7) is 0. The third-order valence-electron chi connectivity index (χ3n) is 2.37. The fourth-order valence-electron chi connectivity index (χ4n) is 1.31. The van der Waals surface area contributed by atoms with Gasteiger partial charge in [-0.3, -0.25) is 19.8 Å². The Morgan fingerprint density at radius 3 is 2.53 bits per heavy atom. The van der Waals surface area contributed by atoms with Crippen LogP contribution in [-0.2, 0) is 4.79 Å². The van der Waals surface area contributed by atoms with E-state index in [1.807, 2.05) is 0 Å². The molecule has 0 bridgehead atoms. The van der Waals surface area contributed by atoms with Crippen LogP contribution in [-0.4, -0.2) is 32.5 Å².